The molecule has 1 N–H and O–H groups in total. The van der Waals surface area contributed by atoms with Gasteiger partial charge < -0.3 is 9.67 Å². The van der Waals surface area contributed by atoms with Gasteiger partial charge >= 0.3 is 0 Å². The summed E-state index contributed by atoms with van der Waals surface area (Å²) in [6, 6.07) is 0. The molecule has 2 atom stereocenters. The van der Waals surface area contributed by atoms with Crippen molar-refractivity contribution >= 4 is 0 Å². The van der Waals surface area contributed by atoms with E-state index in [1.807, 2.05) is 11.6 Å². The molecule has 1 fully saturated rings. The Morgan fingerprint density at radius 2 is 2.42 bits per heavy atom. The van der Waals surface area contributed by atoms with E-state index in [1.54, 1.807) is 6.33 Å². The normalized spacial score (nSPS) is 29.5. The van der Waals surface area contributed by atoms with Crippen LogP contribution in [0.15, 0.2) is 6.33 Å². The number of hydrogen-bond acceptors (Lipinski definition) is 3. The Morgan fingerprint density at radius 3 is 2.92 bits per heavy atom. The molecule has 1 heterocycles. The average molecular weight is 167 g/mol. The van der Waals surface area contributed by atoms with Crippen LogP contribution in [0.3, 0.4) is 0 Å². The molecule has 0 aromatic carbocycles. The van der Waals surface area contributed by atoms with Gasteiger partial charge in [-0.2, -0.15) is 0 Å². The number of aromatic nitrogens is 3. The molecule has 1 aromatic rings. The van der Waals surface area contributed by atoms with Gasteiger partial charge in [0.15, 0.2) is 0 Å². The Kier molecular flexibility index (Phi) is 1.84. The SMILES string of the molecule is Cn1cnnc1[C@@H]1CCC[C@H]1O. The summed E-state index contributed by atoms with van der Waals surface area (Å²) in [6.07, 6.45) is 4.50. The zero-order chi connectivity index (χ0) is 8.55. The molecule has 12 heavy (non-hydrogen) atoms. The zero-order valence-corrected chi connectivity index (χ0v) is 7.14. The number of rotatable bonds is 1. The molecule has 4 nitrogen and oxygen atoms in total. The minimum Gasteiger partial charge on any atom is -0.392 e. The number of aryl methyl sites for hydroxylation is 1. The summed E-state index contributed by atoms with van der Waals surface area (Å²) in [5.74, 6) is 1.12. The van der Waals surface area contributed by atoms with E-state index >= 15 is 0 Å². The molecular formula is C8H13N3O. The lowest BCUT2D eigenvalue weighted by Crippen LogP contribution is -2.15. The molecule has 1 aliphatic carbocycles. The predicted octanol–water partition coefficient (Wildman–Crippen LogP) is 0.443. The van der Waals surface area contributed by atoms with E-state index in [0.29, 0.717) is 0 Å². The third-order valence-electron chi connectivity index (χ3n) is 2.56. The summed E-state index contributed by atoms with van der Waals surface area (Å²) in [7, 11) is 1.92. The van der Waals surface area contributed by atoms with Gasteiger partial charge in [0.05, 0.1) is 6.10 Å². The minimum atomic E-state index is -0.215. The minimum absolute atomic E-state index is 0.206. The van der Waals surface area contributed by atoms with Crippen molar-refractivity contribution in [2.45, 2.75) is 31.3 Å². The fourth-order valence-electron chi connectivity index (χ4n) is 1.87. The van der Waals surface area contributed by atoms with Crippen LogP contribution in [0.4, 0.5) is 0 Å². The van der Waals surface area contributed by atoms with Crippen LogP contribution in [-0.2, 0) is 7.05 Å². The first-order chi connectivity index (χ1) is 5.79. The third-order valence-corrected chi connectivity index (χ3v) is 2.56. The molecule has 0 aliphatic heterocycles. The number of nitrogens with zero attached hydrogens (tertiary/aromatic N) is 3. The van der Waals surface area contributed by atoms with Gasteiger partial charge in [0, 0.05) is 13.0 Å². The van der Waals surface area contributed by atoms with E-state index in [4.69, 9.17) is 0 Å². The lowest BCUT2D eigenvalue weighted by atomic mass is 10.1. The van der Waals surface area contributed by atoms with Crippen molar-refractivity contribution < 1.29 is 5.11 Å². The summed E-state index contributed by atoms with van der Waals surface area (Å²) in [4.78, 5) is 0. The van der Waals surface area contributed by atoms with Gasteiger partial charge in [0.1, 0.15) is 12.2 Å². The molecular weight excluding hydrogens is 154 g/mol. The summed E-state index contributed by atoms with van der Waals surface area (Å²) in [5.41, 5.74) is 0. The predicted molar refractivity (Wildman–Crippen MR) is 43.6 cm³/mol. The lowest BCUT2D eigenvalue weighted by Gasteiger charge is -2.12. The van der Waals surface area contributed by atoms with E-state index < -0.39 is 0 Å². The van der Waals surface area contributed by atoms with Gasteiger partial charge in [-0.25, -0.2) is 0 Å². The molecule has 0 spiro atoms. The molecule has 66 valence electrons. The molecule has 2 rings (SSSR count). The molecule has 1 aliphatic rings. The van der Waals surface area contributed by atoms with E-state index in [9.17, 15) is 5.11 Å². The Bertz CT molecular complexity index is 271. The summed E-state index contributed by atoms with van der Waals surface area (Å²) in [6.45, 7) is 0. The van der Waals surface area contributed by atoms with E-state index in [1.165, 1.54) is 0 Å². The lowest BCUT2D eigenvalue weighted by molar-refractivity contribution is 0.159. The second-order valence-corrected chi connectivity index (χ2v) is 3.40. The van der Waals surface area contributed by atoms with Crippen LogP contribution in [0.1, 0.15) is 31.0 Å². The Labute approximate surface area is 71.2 Å². The second-order valence-electron chi connectivity index (χ2n) is 3.40. The topological polar surface area (TPSA) is 50.9 Å². The quantitative estimate of drug-likeness (QED) is 0.660. The molecule has 0 bridgehead atoms. The maximum absolute atomic E-state index is 9.60. The van der Waals surface area contributed by atoms with Gasteiger partial charge in [-0.05, 0) is 12.8 Å². The third kappa shape index (κ3) is 1.12. The molecule has 0 saturated heterocycles. The van der Waals surface area contributed by atoms with Crippen LogP contribution in [0.25, 0.3) is 0 Å². The van der Waals surface area contributed by atoms with Gasteiger partial charge in [-0.15, -0.1) is 10.2 Å². The second kappa shape index (κ2) is 2.86. The standard InChI is InChI=1S/C8H13N3O/c1-11-5-9-10-8(11)6-3-2-4-7(6)12/h5-7,12H,2-4H2,1H3/t6-,7-/m1/s1. The van der Waals surface area contributed by atoms with Crippen molar-refractivity contribution in [2.24, 2.45) is 7.05 Å². The van der Waals surface area contributed by atoms with E-state index in [-0.39, 0.29) is 12.0 Å². The Hall–Kier alpha value is -0.900. The van der Waals surface area contributed by atoms with Crippen molar-refractivity contribution in [1.82, 2.24) is 14.8 Å². The van der Waals surface area contributed by atoms with Crippen molar-refractivity contribution in [3.63, 3.8) is 0 Å². The number of hydrogen-bond donors (Lipinski definition) is 1. The summed E-state index contributed by atoms with van der Waals surface area (Å²) >= 11 is 0. The smallest absolute Gasteiger partial charge is 0.138 e. The van der Waals surface area contributed by atoms with Crippen LogP contribution in [0.2, 0.25) is 0 Å². The molecule has 0 amide bonds. The van der Waals surface area contributed by atoms with Gasteiger partial charge in [0.2, 0.25) is 0 Å². The van der Waals surface area contributed by atoms with Crippen LogP contribution in [0.5, 0.6) is 0 Å². The van der Waals surface area contributed by atoms with Gasteiger partial charge in [-0.3, -0.25) is 0 Å². The van der Waals surface area contributed by atoms with Crippen LogP contribution < -0.4 is 0 Å². The number of aliphatic hydroxyl groups is 1. The first kappa shape index (κ1) is 7.73. The first-order valence-electron chi connectivity index (χ1n) is 4.31. The van der Waals surface area contributed by atoms with Gasteiger partial charge in [-0.1, -0.05) is 6.42 Å². The zero-order valence-electron chi connectivity index (χ0n) is 7.14. The maximum Gasteiger partial charge on any atom is 0.138 e. The maximum atomic E-state index is 9.60. The van der Waals surface area contributed by atoms with Crippen molar-refractivity contribution in [3.05, 3.63) is 12.2 Å². The highest BCUT2D eigenvalue weighted by Crippen LogP contribution is 2.32. The van der Waals surface area contributed by atoms with E-state index in [2.05, 4.69) is 10.2 Å². The van der Waals surface area contributed by atoms with Crippen molar-refractivity contribution in [3.8, 4) is 0 Å². The summed E-state index contributed by atoms with van der Waals surface area (Å²) < 4.78 is 1.89. The summed E-state index contributed by atoms with van der Waals surface area (Å²) in [5, 5.41) is 17.4. The van der Waals surface area contributed by atoms with Crippen molar-refractivity contribution in [1.29, 1.82) is 0 Å². The molecule has 1 saturated carbocycles. The average Bonchev–Trinajstić information content (AvgIpc) is 2.59. The fourth-order valence-corrected chi connectivity index (χ4v) is 1.87. The first-order valence-corrected chi connectivity index (χ1v) is 4.31. The monoisotopic (exact) mass is 167 g/mol. The molecule has 4 heteroatoms. The fraction of sp³-hybridized carbons (Fsp3) is 0.750. The highest BCUT2D eigenvalue weighted by Gasteiger charge is 2.29. The van der Waals surface area contributed by atoms with Crippen LogP contribution in [-0.4, -0.2) is 26.0 Å². The Balaban J connectivity index is 2.24. The van der Waals surface area contributed by atoms with Crippen LogP contribution in [0, 0.1) is 0 Å². The van der Waals surface area contributed by atoms with Crippen molar-refractivity contribution in [2.75, 3.05) is 0 Å². The largest absolute Gasteiger partial charge is 0.392 e. The van der Waals surface area contributed by atoms with Crippen LogP contribution >= 0.6 is 0 Å². The molecule has 1 aromatic heterocycles. The Morgan fingerprint density at radius 1 is 1.58 bits per heavy atom. The molecule has 0 radical (unpaired) electrons. The van der Waals surface area contributed by atoms with Gasteiger partial charge in [0.25, 0.3) is 0 Å². The molecule has 0 unspecified atom stereocenters. The highest BCUT2D eigenvalue weighted by atomic mass is 16.3. The number of aliphatic hydroxyl groups excluding tert-OH is 1. The highest BCUT2D eigenvalue weighted by molar-refractivity contribution is 5.02. The van der Waals surface area contributed by atoms with E-state index in [0.717, 1.165) is 25.1 Å².